The summed E-state index contributed by atoms with van der Waals surface area (Å²) in [5, 5.41) is 18.4. The summed E-state index contributed by atoms with van der Waals surface area (Å²) in [6.07, 6.45) is 0. The van der Waals surface area contributed by atoms with E-state index in [1.807, 2.05) is 51.1 Å². The zero-order valence-corrected chi connectivity index (χ0v) is 9.78. The lowest BCUT2D eigenvalue weighted by Crippen LogP contribution is -2.10. The third-order valence-corrected chi connectivity index (χ3v) is 2.29. The van der Waals surface area contributed by atoms with Crippen molar-refractivity contribution in [3.63, 3.8) is 0 Å². The molecule has 2 nitrogen and oxygen atoms in total. The first kappa shape index (κ1) is 12.0. The maximum Gasteiger partial charge on any atom is 0.101 e. The molecule has 0 aliphatic rings. The first-order chi connectivity index (χ1) is 7.50. The minimum Gasteiger partial charge on any atom is -0.193 e. The van der Waals surface area contributed by atoms with Gasteiger partial charge in [-0.15, -0.1) is 0 Å². The number of hydrogen-bond acceptors (Lipinski definition) is 2. The molecule has 1 aromatic rings. The molecule has 2 heteroatoms. The van der Waals surface area contributed by atoms with E-state index in [1.54, 1.807) is 0 Å². The number of nitriles is 2. The van der Waals surface area contributed by atoms with E-state index in [0.717, 1.165) is 5.56 Å². The maximum atomic E-state index is 9.19. The molecule has 1 rings (SSSR count). The fraction of sp³-hybridized carbons (Fsp3) is 0.286. The summed E-state index contributed by atoms with van der Waals surface area (Å²) in [5.41, 5.74) is 1.49. The third kappa shape index (κ3) is 2.49. The third-order valence-electron chi connectivity index (χ3n) is 2.29. The first-order valence-electron chi connectivity index (χ1n) is 5.11. The fourth-order valence-corrected chi connectivity index (χ4v) is 1.47. The van der Waals surface area contributed by atoms with Gasteiger partial charge in [0.1, 0.15) is 6.07 Å². The second kappa shape index (κ2) is 4.64. The monoisotopic (exact) mass is 210 g/mol. The zero-order chi connectivity index (χ0) is 12.2. The molecule has 80 valence electrons. The number of rotatable bonds is 1. The highest BCUT2D eigenvalue weighted by molar-refractivity contribution is 5.82. The molecule has 0 atom stereocenters. The van der Waals surface area contributed by atoms with Crippen LogP contribution in [0.15, 0.2) is 35.9 Å². The van der Waals surface area contributed by atoms with Crippen LogP contribution >= 0.6 is 0 Å². The summed E-state index contributed by atoms with van der Waals surface area (Å²) in [4.78, 5) is 0. The number of allylic oxidation sites excluding steroid dienone is 2. The van der Waals surface area contributed by atoms with Gasteiger partial charge in [0.15, 0.2) is 0 Å². The van der Waals surface area contributed by atoms with Crippen LogP contribution in [0.25, 0.3) is 5.57 Å². The minimum atomic E-state index is -0.310. The van der Waals surface area contributed by atoms with Crippen molar-refractivity contribution < 1.29 is 0 Å². The van der Waals surface area contributed by atoms with Crippen LogP contribution in [0.3, 0.4) is 0 Å². The molecule has 0 saturated heterocycles. The van der Waals surface area contributed by atoms with Gasteiger partial charge in [0, 0.05) is 0 Å². The van der Waals surface area contributed by atoms with E-state index in [1.165, 1.54) is 0 Å². The Balaban J connectivity index is 3.43. The smallest absolute Gasteiger partial charge is 0.101 e. The van der Waals surface area contributed by atoms with Gasteiger partial charge >= 0.3 is 0 Å². The van der Waals surface area contributed by atoms with Crippen molar-refractivity contribution >= 4 is 5.57 Å². The molecule has 0 aliphatic carbocycles. The highest BCUT2D eigenvalue weighted by atomic mass is 14.3. The summed E-state index contributed by atoms with van der Waals surface area (Å²) >= 11 is 0. The van der Waals surface area contributed by atoms with Gasteiger partial charge in [-0.25, -0.2) is 0 Å². The number of nitrogens with zero attached hydrogens (tertiary/aromatic N) is 2. The zero-order valence-electron chi connectivity index (χ0n) is 9.78. The summed E-state index contributed by atoms with van der Waals surface area (Å²) in [6, 6.07) is 13.6. The number of hydrogen-bond donors (Lipinski definition) is 0. The Kier molecular flexibility index (Phi) is 3.48. The van der Waals surface area contributed by atoms with E-state index in [0.29, 0.717) is 11.1 Å². The molecule has 1 aromatic carbocycles. The largest absolute Gasteiger partial charge is 0.193 e. The standard InChI is InChI=1S/C14H14N2/c1-14(2,3)13(10-16)12(9-15)11-7-5-4-6-8-11/h4-8H,1-3H3. The molecule has 16 heavy (non-hydrogen) atoms. The predicted octanol–water partition coefficient (Wildman–Crippen LogP) is 3.53. The van der Waals surface area contributed by atoms with E-state index in [4.69, 9.17) is 5.26 Å². The molecule has 0 bridgehead atoms. The van der Waals surface area contributed by atoms with Crippen LogP contribution in [0.4, 0.5) is 0 Å². The Bertz CT molecular complexity index is 476. The van der Waals surface area contributed by atoms with Crippen molar-refractivity contribution in [2.45, 2.75) is 20.8 Å². The normalized spacial score (nSPS) is 12.3. The second-order valence-corrected chi connectivity index (χ2v) is 4.59. The second-order valence-electron chi connectivity index (χ2n) is 4.59. The predicted molar refractivity (Wildman–Crippen MR) is 64.0 cm³/mol. The van der Waals surface area contributed by atoms with Gasteiger partial charge in [0.2, 0.25) is 0 Å². The fourth-order valence-electron chi connectivity index (χ4n) is 1.47. The molecule has 0 aliphatic heterocycles. The average Bonchev–Trinajstić information content (AvgIpc) is 2.25. The summed E-state index contributed by atoms with van der Waals surface area (Å²) in [7, 11) is 0. The highest BCUT2D eigenvalue weighted by Crippen LogP contribution is 2.31. The van der Waals surface area contributed by atoms with Crippen LogP contribution in [-0.4, -0.2) is 0 Å². The van der Waals surface area contributed by atoms with Gasteiger partial charge in [0.25, 0.3) is 0 Å². The molecule has 0 unspecified atom stereocenters. The van der Waals surface area contributed by atoms with Crippen LogP contribution < -0.4 is 0 Å². The van der Waals surface area contributed by atoms with Gasteiger partial charge < -0.3 is 0 Å². The van der Waals surface area contributed by atoms with Gasteiger partial charge in [0.05, 0.1) is 17.2 Å². The molecule has 0 aromatic heterocycles. The van der Waals surface area contributed by atoms with E-state index in [9.17, 15) is 5.26 Å². The topological polar surface area (TPSA) is 47.6 Å². The SMILES string of the molecule is CC(C)(C)C(C#N)=C(C#N)c1ccccc1. The molecule has 0 spiro atoms. The maximum absolute atomic E-state index is 9.19. The van der Waals surface area contributed by atoms with Gasteiger partial charge in [-0.3, -0.25) is 0 Å². The molecular formula is C14H14N2. The highest BCUT2D eigenvalue weighted by Gasteiger charge is 2.22. The Morgan fingerprint density at radius 1 is 1.00 bits per heavy atom. The van der Waals surface area contributed by atoms with E-state index >= 15 is 0 Å². The lowest BCUT2D eigenvalue weighted by Gasteiger charge is -2.18. The van der Waals surface area contributed by atoms with E-state index < -0.39 is 0 Å². The van der Waals surface area contributed by atoms with Gasteiger partial charge in [-0.05, 0) is 11.0 Å². The van der Waals surface area contributed by atoms with E-state index in [-0.39, 0.29) is 5.41 Å². The Morgan fingerprint density at radius 2 is 1.56 bits per heavy atom. The average molecular weight is 210 g/mol. The van der Waals surface area contributed by atoms with Crippen molar-refractivity contribution in [2.24, 2.45) is 5.41 Å². The lowest BCUT2D eigenvalue weighted by atomic mass is 9.82. The summed E-state index contributed by atoms with van der Waals surface area (Å²) in [5.74, 6) is 0. The lowest BCUT2D eigenvalue weighted by molar-refractivity contribution is 0.522. The molecule has 0 N–H and O–H groups in total. The van der Waals surface area contributed by atoms with Crippen molar-refractivity contribution in [1.29, 1.82) is 10.5 Å². The van der Waals surface area contributed by atoms with Crippen molar-refractivity contribution in [3.05, 3.63) is 41.5 Å². The van der Waals surface area contributed by atoms with Gasteiger partial charge in [-0.1, -0.05) is 51.1 Å². The molecule has 0 saturated carbocycles. The van der Waals surface area contributed by atoms with Crippen LogP contribution in [0.1, 0.15) is 26.3 Å². The van der Waals surface area contributed by atoms with E-state index in [2.05, 4.69) is 12.1 Å². The summed E-state index contributed by atoms with van der Waals surface area (Å²) in [6.45, 7) is 5.81. The van der Waals surface area contributed by atoms with Crippen LogP contribution in [-0.2, 0) is 0 Å². The molecule has 0 amide bonds. The van der Waals surface area contributed by atoms with Crippen molar-refractivity contribution in [1.82, 2.24) is 0 Å². The van der Waals surface area contributed by atoms with Gasteiger partial charge in [-0.2, -0.15) is 10.5 Å². The van der Waals surface area contributed by atoms with Crippen molar-refractivity contribution in [3.8, 4) is 12.1 Å². The van der Waals surface area contributed by atoms with Crippen molar-refractivity contribution in [2.75, 3.05) is 0 Å². The number of benzene rings is 1. The Morgan fingerprint density at radius 3 is 1.94 bits per heavy atom. The van der Waals surface area contributed by atoms with Crippen LogP contribution in [0.2, 0.25) is 0 Å². The Labute approximate surface area is 96.4 Å². The molecule has 0 radical (unpaired) electrons. The Hall–Kier alpha value is -2.06. The minimum absolute atomic E-state index is 0.310. The molecular weight excluding hydrogens is 196 g/mol. The molecule has 0 fully saturated rings. The quantitative estimate of drug-likeness (QED) is 0.665. The first-order valence-corrected chi connectivity index (χ1v) is 5.11. The van der Waals surface area contributed by atoms with Crippen LogP contribution in [0.5, 0.6) is 0 Å². The summed E-state index contributed by atoms with van der Waals surface area (Å²) < 4.78 is 0. The molecule has 0 heterocycles. The van der Waals surface area contributed by atoms with Crippen LogP contribution in [0, 0.1) is 28.1 Å².